The molecule has 3 heterocycles. The first-order valence-corrected chi connectivity index (χ1v) is 8.98. The molecule has 0 aliphatic heterocycles. The number of hydrogen-bond donors (Lipinski definition) is 2. The van der Waals surface area contributed by atoms with Crippen LogP contribution in [0.4, 0.5) is 16.3 Å². The number of nitrogens with one attached hydrogen (secondary N) is 1. The zero-order chi connectivity index (χ0) is 21.3. The van der Waals surface area contributed by atoms with Gasteiger partial charge in [0.1, 0.15) is 11.5 Å². The van der Waals surface area contributed by atoms with Gasteiger partial charge in [-0.1, -0.05) is 23.4 Å². The minimum Gasteiger partial charge on any atom is -0.364 e. The maximum Gasteiger partial charge on any atom is 0.267 e. The third kappa shape index (κ3) is 3.72. The summed E-state index contributed by atoms with van der Waals surface area (Å²) in [5, 5.41) is 11.2. The third-order valence-electron chi connectivity index (χ3n) is 4.27. The highest BCUT2D eigenvalue weighted by atomic mass is 19.1. The van der Waals surface area contributed by atoms with Gasteiger partial charge in [-0.2, -0.15) is 15.0 Å². The van der Waals surface area contributed by atoms with Crippen molar-refractivity contribution >= 4 is 23.3 Å². The van der Waals surface area contributed by atoms with Crippen LogP contribution in [-0.4, -0.2) is 49.8 Å². The number of rotatable bonds is 6. The fraction of sp³-hybridized carbons (Fsp3) is 0.158. The van der Waals surface area contributed by atoms with Crippen LogP contribution in [0.2, 0.25) is 0 Å². The zero-order valence-corrected chi connectivity index (χ0v) is 16.2. The fourth-order valence-corrected chi connectivity index (χ4v) is 2.84. The van der Waals surface area contributed by atoms with Crippen LogP contribution in [0, 0.1) is 5.82 Å². The maximum atomic E-state index is 13.4. The second kappa shape index (κ2) is 7.70. The number of aromatic nitrogens is 6. The summed E-state index contributed by atoms with van der Waals surface area (Å²) >= 11 is 0. The molecule has 4 aromatic rings. The molecule has 0 bridgehead atoms. The third-order valence-corrected chi connectivity index (χ3v) is 4.27. The molecule has 0 saturated heterocycles. The molecule has 10 nitrogen and oxygen atoms in total. The Morgan fingerprint density at radius 2 is 1.97 bits per heavy atom. The van der Waals surface area contributed by atoms with Crippen LogP contribution in [-0.2, 0) is 6.54 Å². The number of fused-ring (bicyclic) bond motifs is 1. The number of amides is 1. The first kappa shape index (κ1) is 19.2. The van der Waals surface area contributed by atoms with Crippen molar-refractivity contribution in [3.05, 3.63) is 59.5 Å². The van der Waals surface area contributed by atoms with Crippen molar-refractivity contribution in [2.45, 2.75) is 6.54 Å². The number of nitrogens with zero attached hydrogens (tertiary/aromatic N) is 7. The van der Waals surface area contributed by atoms with Crippen molar-refractivity contribution in [3.63, 3.8) is 0 Å². The molecule has 30 heavy (non-hydrogen) atoms. The molecule has 0 fully saturated rings. The molecule has 3 aromatic heterocycles. The van der Waals surface area contributed by atoms with Crippen LogP contribution < -0.4 is 16.0 Å². The van der Waals surface area contributed by atoms with E-state index in [9.17, 15) is 9.18 Å². The lowest BCUT2D eigenvalue weighted by Crippen LogP contribution is -2.16. The van der Waals surface area contributed by atoms with Crippen LogP contribution in [0.5, 0.6) is 0 Å². The van der Waals surface area contributed by atoms with Gasteiger partial charge < -0.3 is 16.0 Å². The highest BCUT2D eigenvalue weighted by molar-refractivity contribution is 5.92. The Kier molecular flexibility index (Phi) is 4.92. The van der Waals surface area contributed by atoms with Gasteiger partial charge in [0, 0.05) is 20.6 Å². The summed E-state index contributed by atoms with van der Waals surface area (Å²) in [6.45, 7) is 0.322. The van der Waals surface area contributed by atoms with E-state index in [1.165, 1.54) is 16.6 Å². The Morgan fingerprint density at radius 1 is 1.17 bits per heavy atom. The molecule has 0 saturated carbocycles. The Balaban J connectivity index is 1.74. The van der Waals surface area contributed by atoms with Crippen molar-refractivity contribution < 1.29 is 9.18 Å². The van der Waals surface area contributed by atoms with Crippen molar-refractivity contribution in [2.75, 3.05) is 24.3 Å². The van der Waals surface area contributed by atoms with Gasteiger partial charge in [-0.05, 0) is 29.8 Å². The molecule has 4 rings (SSSR count). The van der Waals surface area contributed by atoms with Crippen molar-refractivity contribution in [3.8, 4) is 11.5 Å². The Labute approximate surface area is 170 Å². The van der Waals surface area contributed by atoms with Gasteiger partial charge in [0.05, 0.1) is 5.52 Å². The van der Waals surface area contributed by atoms with Gasteiger partial charge >= 0.3 is 0 Å². The largest absolute Gasteiger partial charge is 0.364 e. The summed E-state index contributed by atoms with van der Waals surface area (Å²) in [4.78, 5) is 26.6. The summed E-state index contributed by atoms with van der Waals surface area (Å²) in [6, 6.07) is 11.2. The predicted molar refractivity (Wildman–Crippen MR) is 108 cm³/mol. The lowest BCUT2D eigenvalue weighted by atomic mass is 10.2. The quantitative estimate of drug-likeness (QED) is 0.492. The minimum atomic E-state index is -0.626. The summed E-state index contributed by atoms with van der Waals surface area (Å²) in [7, 11) is 3.59. The van der Waals surface area contributed by atoms with E-state index in [1.54, 1.807) is 49.3 Å². The second-order valence-corrected chi connectivity index (χ2v) is 6.67. The van der Waals surface area contributed by atoms with Gasteiger partial charge in [0.15, 0.2) is 11.5 Å². The molecule has 11 heteroatoms. The smallest absolute Gasteiger partial charge is 0.267 e. The first-order valence-electron chi connectivity index (χ1n) is 8.98. The number of benzene rings is 1. The number of nitrogens with two attached hydrogens (primary N) is 1. The van der Waals surface area contributed by atoms with Crippen LogP contribution in [0.15, 0.2) is 42.5 Å². The maximum absolute atomic E-state index is 13.4. The Bertz CT molecular complexity index is 1240. The number of carbonyl (C=O) groups is 1. The SMILES string of the molecule is CN(C)c1nc(NCc2cccc(F)c2)nc(-c2nnn3c(C(N)=O)cccc23)n1. The fourth-order valence-electron chi connectivity index (χ4n) is 2.84. The van der Waals surface area contributed by atoms with Crippen molar-refractivity contribution in [1.29, 1.82) is 0 Å². The molecule has 0 aliphatic carbocycles. The number of carbonyl (C=O) groups excluding carboxylic acids is 1. The summed E-state index contributed by atoms with van der Waals surface area (Å²) in [5.41, 5.74) is 7.24. The number of pyridine rings is 1. The highest BCUT2D eigenvalue weighted by Crippen LogP contribution is 2.22. The topological polar surface area (TPSA) is 127 Å². The summed E-state index contributed by atoms with van der Waals surface area (Å²) in [5.74, 6) is 0.0146. The van der Waals surface area contributed by atoms with Crippen LogP contribution in [0.25, 0.3) is 17.0 Å². The highest BCUT2D eigenvalue weighted by Gasteiger charge is 2.18. The minimum absolute atomic E-state index is 0.192. The number of primary amides is 1. The molecule has 1 amide bonds. The van der Waals surface area contributed by atoms with Gasteiger partial charge in [-0.15, -0.1) is 5.10 Å². The summed E-state index contributed by atoms with van der Waals surface area (Å²) in [6.07, 6.45) is 0. The number of hydrogen-bond acceptors (Lipinski definition) is 8. The van der Waals surface area contributed by atoms with E-state index in [0.717, 1.165) is 5.56 Å². The molecule has 0 aliphatic rings. The molecule has 3 N–H and O–H groups in total. The predicted octanol–water partition coefficient (Wildman–Crippen LogP) is 1.50. The van der Waals surface area contributed by atoms with Gasteiger partial charge in [0.25, 0.3) is 5.91 Å². The van der Waals surface area contributed by atoms with E-state index in [1.807, 2.05) is 0 Å². The number of halogens is 1. The van der Waals surface area contributed by atoms with E-state index in [-0.39, 0.29) is 17.3 Å². The molecule has 0 radical (unpaired) electrons. The van der Waals surface area contributed by atoms with E-state index in [2.05, 4.69) is 30.6 Å². The van der Waals surface area contributed by atoms with Crippen molar-refractivity contribution in [2.24, 2.45) is 5.73 Å². The van der Waals surface area contributed by atoms with Crippen LogP contribution in [0.1, 0.15) is 16.1 Å². The van der Waals surface area contributed by atoms with Gasteiger partial charge in [-0.25, -0.2) is 8.91 Å². The standard InChI is InChI=1S/C19H18FN9O/c1-28(2)19-24-17(15-13-7-4-8-14(16(21)30)29(13)27-26-15)23-18(25-19)22-10-11-5-3-6-12(20)9-11/h3-9H,10H2,1-2H3,(H2,21,30)(H,22,23,24,25). The second-order valence-electron chi connectivity index (χ2n) is 6.67. The zero-order valence-electron chi connectivity index (χ0n) is 16.2. The van der Waals surface area contributed by atoms with Crippen molar-refractivity contribution in [1.82, 2.24) is 29.8 Å². The van der Waals surface area contributed by atoms with Gasteiger partial charge in [-0.3, -0.25) is 4.79 Å². The molecule has 0 unspecified atom stereocenters. The van der Waals surface area contributed by atoms with Crippen LogP contribution in [0.3, 0.4) is 0 Å². The van der Waals surface area contributed by atoms with Gasteiger partial charge in [0.2, 0.25) is 11.9 Å². The Hall–Kier alpha value is -4.15. The average molecular weight is 407 g/mol. The average Bonchev–Trinajstić information content (AvgIpc) is 3.16. The molecular formula is C19H18FN9O. The molecule has 0 spiro atoms. The van der Waals surface area contributed by atoms with E-state index in [4.69, 9.17) is 5.73 Å². The Morgan fingerprint density at radius 3 is 2.70 bits per heavy atom. The molecule has 0 atom stereocenters. The molecule has 152 valence electrons. The molecule has 1 aromatic carbocycles. The number of anilines is 2. The lowest BCUT2D eigenvalue weighted by molar-refractivity contribution is 0.0993. The molecular weight excluding hydrogens is 389 g/mol. The van der Waals surface area contributed by atoms with E-state index in [0.29, 0.717) is 29.7 Å². The van der Waals surface area contributed by atoms with Crippen LogP contribution >= 0.6 is 0 Å². The lowest BCUT2D eigenvalue weighted by Gasteiger charge is -2.13. The van der Waals surface area contributed by atoms with E-state index < -0.39 is 5.91 Å². The first-order chi connectivity index (χ1) is 14.4. The van der Waals surface area contributed by atoms with E-state index >= 15 is 0 Å². The monoisotopic (exact) mass is 407 g/mol. The normalized spacial score (nSPS) is 10.9. The summed E-state index contributed by atoms with van der Waals surface area (Å²) < 4.78 is 14.8.